The highest BCUT2D eigenvalue weighted by molar-refractivity contribution is 7.92. The number of fused-ring (bicyclic) bond motifs is 1. The maximum Gasteiger partial charge on any atom is 0.262 e. The second-order valence-corrected chi connectivity index (χ2v) is 9.51. The van der Waals surface area contributed by atoms with Crippen LogP contribution in [0.2, 0.25) is 0 Å². The monoisotopic (exact) mass is 380 g/mol. The quantitative estimate of drug-likeness (QED) is 0.860. The van der Waals surface area contributed by atoms with Crippen LogP contribution in [0.1, 0.15) is 33.1 Å². The lowest BCUT2D eigenvalue weighted by Crippen LogP contribution is -2.41. The lowest BCUT2D eigenvalue weighted by atomic mass is 10.00. The zero-order valence-electron chi connectivity index (χ0n) is 15.0. The van der Waals surface area contributed by atoms with E-state index in [2.05, 4.69) is 12.2 Å². The highest BCUT2D eigenvalue weighted by Gasteiger charge is 2.30. The van der Waals surface area contributed by atoms with Crippen molar-refractivity contribution in [2.24, 2.45) is 5.92 Å². The van der Waals surface area contributed by atoms with E-state index in [0.717, 1.165) is 12.8 Å². The fourth-order valence-electron chi connectivity index (χ4n) is 3.37. The molecule has 26 heavy (non-hydrogen) atoms. The van der Waals surface area contributed by atoms with E-state index in [-0.39, 0.29) is 29.7 Å². The summed E-state index contributed by atoms with van der Waals surface area (Å²) in [4.78, 5) is 25.8. The maximum absolute atomic E-state index is 12.9. The van der Waals surface area contributed by atoms with Gasteiger partial charge >= 0.3 is 0 Å². The number of piperidine rings is 1. The highest BCUT2D eigenvalue weighted by Crippen LogP contribution is 2.32. The largest absolute Gasteiger partial charge is 0.482 e. The lowest BCUT2D eigenvalue weighted by molar-refractivity contribution is -0.132. The second kappa shape index (κ2) is 7.26. The molecule has 1 aromatic carbocycles. The van der Waals surface area contributed by atoms with E-state index in [1.54, 1.807) is 11.8 Å². The van der Waals surface area contributed by atoms with Crippen LogP contribution in [0, 0.1) is 5.92 Å². The molecule has 1 fully saturated rings. The van der Waals surface area contributed by atoms with Gasteiger partial charge in [-0.1, -0.05) is 6.92 Å². The number of carbonyl (C=O) groups is 2. The summed E-state index contributed by atoms with van der Waals surface area (Å²) >= 11 is 0. The summed E-state index contributed by atoms with van der Waals surface area (Å²) in [6.07, 6.45) is 2.01. The van der Waals surface area contributed by atoms with Crippen LogP contribution in [-0.2, 0) is 19.4 Å². The van der Waals surface area contributed by atoms with Crippen molar-refractivity contribution in [3.8, 4) is 5.75 Å². The van der Waals surface area contributed by atoms with Crippen molar-refractivity contribution in [3.05, 3.63) is 18.2 Å². The molecule has 0 spiro atoms. The van der Waals surface area contributed by atoms with Crippen molar-refractivity contribution in [2.75, 3.05) is 25.0 Å². The molecule has 1 saturated heterocycles. The van der Waals surface area contributed by atoms with Crippen LogP contribution >= 0.6 is 0 Å². The Bertz CT molecular complexity index is 821. The summed E-state index contributed by atoms with van der Waals surface area (Å²) < 4.78 is 31.0. The molecule has 142 valence electrons. The molecule has 0 aliphatic carbocycles. The molecule has 3 rings (SSSR count). The van der Waals surface area contributed by atoms with Gasteiger partial charge in [-0.15, -0.1) is 0 Å². The van der Waals surface area contributed by atoms with E-state index in [9.17, 15) is 18.0 Å². The average Bonchev–Trinajstić information content (AvgIpc) is 2.60. The van der Waals surface area contributed by atoms with Crippen LogP contribution in [0.4, 0.5) is 5.69 Å². The smallest absolute Gasteiger partial charge is 0.262 e. The Morgan fingerprint density at radius 2 is 2.19 bits per heavy atom. The van der Waals surface area contributed by atoms with Gasteiger partial charge in [-0.2, -0.15) is 0 Å². The minimum atomic E-state index is -3.69. The van der Waals surface area contributed by atoms with Crippen LogP contribution in [0.25, 0.3) is 0 Å². The summed E-state index contributed by atoms with van der Waals surface area (Å²) in [5.74, 6) is 0.440. The van der Waals surface area contributed by atoms with Crippen molar-refractivity contribution >= 4 is 27.3 Å². The summed E-state index contributed by atoms with van der Waals surface area (Å²) in [6, 6.07) is 4.38. The molecule has 2 unspecified atom stereocenters. The van der Waals surface area contributed by atoms with Gasteiger partial charge in [0.1, 0.15) is 5.75 Å². The molecule has 2 aliphatic rings. The fourth-order valence-corrected chi connectivity index (χ4v) is 4.74. The van der Waals surface area contributed by atoms with Gasteiger partial charge < -0.3 is 15.0 Å². The first-order valence-electron chi connectivity index (χ1n) is 8.85. The number of benzene rings is 1. The molecule has 0 aromatic heterocycles. The third-order valence-corrected chi connectivity index (χ3v) is 7.05. The van der Waals surface area contributed by atoms with Crippen LogP contribution in [-0.4, -0.2) is 50.1 Å². The van der Waals surface area contributed by atoms with Crippen molar-refractivity contribution in [1.29, 1.82) is 0 Å². The van der Waals surface area contributed by atoms with E-state index in [4.69, 9.17) is 4.74 Å². The summed E-state index contributed by atoms with van der Waals surface area (Å²) in [5, 5.41) is 1.76. The SMILES string of the molecule is CC1CCCN(C(=O)CC(C)S(=O)(=O)c2ccc3c(c2)NC(=O)CO3)C1. The molecule has 2 atom stereocenters. The topological polar surface area (TPSA) is 92.8 Å². The van der Waals surface area contributed by atoms with Crippen molar-refractivity contribution < 1.29 is 22.7 Å². The standard InChI is InChI=1S/C18H24N2O5S/c1-12-4-3-7-20(10-12)18(22)8-13(2)26(23,24)14-5-6-16-15(9-14)19-17(21)11-25-16/h5-6,9,12-13H,3-4,7-8,10-11H2,1-2H3,(H,19,21). The Balaban J connectivity index is 1.74. The number of hydrogen-bond donors (Lipinski definition) is 1. The van der Waals surface area contributed by atoms with Gasteiger partial charge in [0, 0.05) is 19.5 Å². The Hall–Kier alpha value is -2.09. The first-order chi connectivity index (χ1) is 12.3. The fraction of sp³-hybridized carbons (Fsp3) is 0.556. The highest BCUT2D eigenvalue weighted by atomic mass is 32.2. The molecule has 2 amide bonds. The first-order valence-corrected chi connectivity index (χ1v) is 10.4. The maximum atomic E-state index is 12.9. The van der Waals surface area contributed by atoms with Crippen LogP contribution < -0.4 is 10.1 Å². The molecule has 1 N–H and O–H groups in total. The van der Waals surface area contributed by atoms with Gasteiger partial charge in [0.05, 0.1) is 15.8 Å². The van der Waals surface area contributed by atoms with Crippen molar-refractivity contribution in [1.82, 2.24) is 4.90 Å². The predicted octanol–water partition coefficient (Wildman–Crippen LogP) is 1.83. The molecule has 7 nitrogen and oxygen atoms in total. The molecule has 8 heteroatoms. The predicted molar refractivity (Wildman–Crippen MR) is 96.8 cm³/mol. The summed E-state index contributed by atoms with van der Waals surface area (Å²) in [6.45, 7) is 4.95. The molecule has 2 aliphatic heterocycles. The zero-order valence-corrected chi connectivity index (χ0v) is 15.8. The number of anilines is 1. The molecule has 2 heterocycles. The number of nitrogens with zero attached hydrogens (tertiary/aromatic N) is 1. The number of amides is 2. The average molecular weight is 380 g/mol. The third-order valence-electron chi connectivity index (χ3n) is 4.91. The third kappa shape index (κ3) is 3.85. The number of nitrogens with one attached hydrogen (secondary N) is 1. The Morgan fingerprint density at radius 1 is 1.42 bits per heavy atom. The number of hydrogen-bond acceptors (Lipinski definition) is 5. The number of carbonyl (C=O) groups excluding carboxylic acids is 2. The number of likely N-dealkylation sites (tertiary alicyclic amines) is 1. The lowest BCUT2D eigenvalue weighted by Gasteiger charge is -2.31. The second-order valence-electron chi connectivity index (χ2n) is 7.14. The normalized spacial score (nSPS) is 21.4. The van der Waals surface area contributed by atoms with Gasteiger partial charge in [-0.05, 0) is 43.9 Å². The van der Waals surface area contributed by atoms with Gasteiger partial charge in [-0.25, -0.2) is 8.42 Å². The van der Waals surface area contributed by atoms with E-state index < -0.39 is 15.1 Å². The van der Waals surface area contributed by atoms with Crippen LogP contribution in [0.3, 0.4) is 0 Å². The van der Waals surface area contributed by atoms with Crippen molar-refractivity contribution in [3.63, 3.8) is 0 Å². The number of sulfone groups is 1. The molecule has 1 aromatic rings. The zero-order chi connectivity index (χ0) is 18.9. The van der Waals surface area contributed by atoms with Gasteiger partial charge in [0.2, 0.25) is 5.91 Å². The van der Waals surface area contributed by atoms with E-state index >= 15 is 0 Å². The van der Waals surface area contributed by atoms with Gasteiger partial charge in [0.15, 0.2) is 16.4 Å². The Labute approximate surface area is 153 Å². The van der Waals surface area contributed by atoms with Gasteiger partial charge in [0.25, 0.3) is 5.91 Å². The number of rotatable bonds is 4. The minimum Gasteiger partial charge on any atom is -0.482 e. The minimum absolute atomic E-state index is 0.0466. The van der Waals surface area contributed by atoms with Crippen LogP contribution in [0.15, 0.2) is 23.1 Å². The van der Waals surface area contributed by atoms with E-state index in [1.165, 1.54) is 18.2 Å². The molecular weight excluding hydrogens is 356 g/mol. The number of ether oxygens (including phenoxy) is 1. The Morgan fingerprint density at radius 3 is 2.92 bits per heavy atom. The summed E-state index contributed by atoms with van der Waals surface area (Å²) in [7, 11) is -3.69. The van der Waals surface area contributed by atoms with Crippen molar-refractivity contribution in [2.45, 2.75) is 43.3 Å². The summed E-state index contributed by atoms with van der Waals surface area (Å²) in [5.41, 5.74) is 0.339. The molecule has 0 radical (unpaired) electrons. The van der Waals surface area contributed by atoms with E-state index in [0.29, 0.717) is 30.4 Å². The molecule has 0 bridgehead atoms. The molecule has 0 saturated carbocycles. The Kier molecular flexibility index (Phi) is 5.22. The van der Waals surface area contributed by atoms with Crippen LogP contribution in [0.5, 0.6) is 5.75 Å². The van der Waals surface area contributed by atoms with Gasteiger partial charge in [-0.3, -0.25) is 9.59 Å². The van der Waals surface area contributed by atoms with E-state index in [1.807, 2.05) is 0 Å². The first kappa shape index (κ1) is 18.7. The molecular formula is C18H24N2O5S.